The number of carbonyl (C=O) groups is 2. The Hall–Kier alpha value is -3.22. The number of ether oxygens (including phenoxy) is 1. The maximum Gasteiger partial charge on any atom is 0.267 e. The first-order chi connectivity index (χ1) is 12.6. The van der Waals surface area contributed by atoms with Gasteiger partial charge in [0.2, 0.25) is 5.91 Å². The predicted octanol–water partition coefficient (Wildman–Crippen LogP) is 2.50. The molecule has 0 atom stereocenters. The topological polar surface area (TPSA) is 71.0 Å². The molecule has 0 aromatic heterocycles. The van der Waals surface area contributed by atoms with E-state index in [0.29, 0.717) is 23.6 Å². The highest BCUT2D eigenvalue weighted by atomic mass is 19.1. The highest BCUT2D eigenvalue weighted by molar-refractivity contribution is 6.40. The van der Waals surface area contributed by atoms with Crippen LogP contribution < -0.4 is 15.1 Å². The molecule has 0 aliphatic carbocycles. The van der Waals surface area contributed by atoms with Gasteiger partial charge in [-0.2, -0.15) is 5.10 Å². The molecule has 0 saturated carbocycles. The van der Waals surface area contributed by atoms with Gasteiger partial charge in [0.15, 0.2) is 0 Å². The van der Waals surface area contributed by atoms with Crippen molar-refractivity contribution in [3.05, 3.63) is 60.4 Å². The molecule has 7 heteroatoms. The number of amides is 2. The van der Waals surface area contributed by atoms with Gasteiger partial charge in [0, 0.05) is 12.8 Å². The monoisotopic (exact) mass is 355 g/mol. The Balaban J connectivity index is 1.53. The van der Waals surface area contributed by atoms with Gasteiger partial charge in [-0.25, -0.2) is 9.40 Å². The van der Waals surface area contributed by atoms with Gasteiger partial charge in [0.1, 0.15) is 23.9 Å². The molecular formula is C19H18FN3O3. The Kier molecular flexibility index (Phi) is 5.58. The smallest absolute Gasteiger partial charge is 0.267 e. The summed E-state index contributed by atoms with van der Waals surface area (Å²) in [6.45, 7) is 0.514. The van der Waals surface area contributed by atoms with E-state index in [0.717, 1.165) is 0 Å². The molecule has 1 aliphatic rings. The van der Waals surface area contributed by atoms with Crippen LogP contribution in [0.2, 0.25) is 0 Å². The number of benzene rings is 2. The summed E-state index contributed by atoms with van der Waals surface area (Å²) in [5.41, 5.74) is 0.928. The van der Waals surface area contributed by atoms with Gasteiger partial charge in [-0.1, -0.05) is 18.2 Å². The molecule has 2 amide bonds. The Labute approximate surface area is 150 Å². The number of carbonyl (C=O) groups excluding carboxylic acids is 2. The summed E-state index contributed by atoms with van der Waals surface area (Å²) >= 11 is 0. The van der Waals surface area contributed by atoms with E-state index in [1.165, 1.54) is 29.3 Å². The zero-order valence-electron chi connectivity index (χ0n) is 14.0. The maximum atomic E-state index is 12.8. The predicted molar refractivity (Wildman–Crippen MR) is 95.5 cm³/mol. The summed E-state index contributed by atoms with van der Waals surface area (Å²) in [7, 11) is 0. The van der Waals surface area contributed by atoms with Crippen molar-refractivity contribution < 1.29 is 18.7 Å². The summed E-state index contributed by atoms with van der Waals surface area (Å²) < 4.78 is 18.2. The normalized spacial score (nSPS) is 14.0. The molecule has 2 aromatic carbocycles. The lowest BCUT2D eigenvalue weighted by Gasteiger charge is -2.23. The molecule has 1 heterocycles. The Morgan fingerprint density at radius 2 is 1.85 bits per heavy atom. The average molecular weight is 355 g/mol. The third-order valence-electron chi connectivity index (χ3n) is 3.77. The quantitative estimate of drug-likeness (QED) is 0.810. The molecule has 3 rings (SSSR count). The third-order valence-corrected chi connectivity index (χ3v) is 3.77. The lowest BCUT2D eigenvalue weighted by molar-refractivity contribution is -0.119. The van der Waals surface area contributed by atoms with E-state index in [1.54, 1.807) is 24.3 Å². The number of hydrogen-bond donors (Lipinski definition) is 1. The number of rotatable bonds is 6. The molecule has 26 heavy (non-hydrogen) atoms. The second-order valence-electron chi connectivity index (χ2n) is 5.65. The van der Waals surface area contributed by atoms with Gasteiger partial charge in [-0.15, -0.1) is 0 Å². The standard InChI is InChI=1S/C19H18FN3O3/c20-14-6-8-16(9-7-14)26-13-12-21-19(25)17-10-11-18(24)23(22-17)15-4-2-1-3-5-15/h1-9H,10-13H2,(H,21,25). The van der Waals surface area contributed by atoms with E-state index in [4.69, 9.17) is 4.74 Å². The number of nitrogens with one attached hydrogen (secondary N) is 1. The van der Waals surface area contributed by atoms with Crippen LogP contribution in [0, 0.1) is 5.82 Å². The van der Waals surface area contributed by atoms with Crippen LogP contribution >= 0.6 is 0 Å². The third kappa shape index (κ3) is 4.44. The van der Waals surface area contributed by atoms with Crippen LogP contribution in [0.5, 0.6) is 5.75 Å². The minimum absolute atomic E-state index is 0.146. The Bertz CT molecular complexity index is 807. The van der Waals surface area contributed by atoms with E-state index in [1.807, 2.05) is 6.07 Å². The molecular weight excluding hydrogens is 337 g/mol. The number of hydrogen-bond acceptors (Lipinski definition) is 4. The Morgan fingerprint density at radius 3 is 2.58 bits per heavy atom. The first kappa shape index (κ1) is 17.6. The number of hydrazone groups is 1. The SMILES string of the molecule is O=C(NCCOc1ccc(F)cc1)C1=NN(c2ccccc2)C(=O)CC1. The lowest BCUT2D eigenvalue weighted by Crippen LogP contribution is -2.40. The van der Waals surface area contributed by atoms with E-state index < -0.39 is 0 Å². The van der Waals surface area contributed by atoms with E-state index in [9.17, 15) is 14.0 Å². The summed E-state index contributed by atoms with van der Waals surface area (Å²) in [6, 6.07) is 14.6. The molecule has 0 bridgehead atoms. The molecule has 0 radical (unpaired) electrons. The Morgan fingerprint density at radius 1 is 1.12 bits per heavy atom. The first-order valence-corrected chi connectivity index (χ1v) is 8.25. The molecule has 6 nitrogen and oxygen atoms in total. The van der Waals surface area contributed by atoms with Gasteiger partial charge < -0.3 is 10.1 Å². The van der Waals surface area contributed by atoms with Crippen LogP contribution in [0.15, 0.2) is 59.7 Å². The van der Waals surface area contributed by atoms with Crippen molar-refractivity contribution in [3.8, 4) is 5.75 Å². The van der Waals surface area contributed by atoms with Crippen LogP contribution in [0.4, 0.5) is 10.1 Å². The molecule has 0 unspecified atom stereocenters. The number of nitrogens with zero attached hydrogens (tertiary/aromatic N) is 2. The summed E-state index contributed by atoms with van der Waals surface area (Å²) in [4.78, 5) is 24.3. The second kappa shape index (κ2) is 8.24. The van der Waals surface area contributed by atoms with Gasteiger partial charge >= 0.3 is 0 Å². The van der Waals surface area contributed by atoms with Crippen LogP contribution in [0.1, 0.15) is 12.8 Å². The average Bonchev–Trinajstić information content (AvgIpc) is 2.67. The van der Waals surface area contributed by atoms with E-state index >= 15 is 0 Å². The van der Waals surface area contributed by atoms with Gasteiger partial charge in [-0.05, 0) is 36.4 Å². The lowest BCUT2D eigenvalue weighted by atomic mass is 10.1. The molecule has 0 saturated heterocycles. The summed E-state index contributed by atoms with van der Waals surface area (Å²) in [6.07, 6.45) is 0.528. The van der Waals surface area contributed by atoms with Gasteiger partial charge in [0.05, 0.1) is 12.2 Å². The van der Waals surface area contributed by atoms with Crippen molar-refractivity contribution in [2.24, 2.45) is 5.10 Å². The number of halogens is 1. The van der Waals surface area contributed by atoms with Crippen LogP contribution in [-0.4, -0.2) is 30.7 Å². The van der Waals surface area contributed by atoms with Crippen molar-refractivity contribution in [2.45, 2.75) is 12.8 Å². The zero-order valence-corrected chi connectivity index (χ0v) is 14.0. The second-order valence-corrected chi connectivity index (χ2v) is 5.65. The van der Waals surface area contributed by atoms with Crippen molar-refractivity contribution in [2.75, 3.05) is 18.2 Å². The highest BCUT2D eigenvalue weighted by Gasteiger charge is 2.25. The molecule has 0 fully saturated rings. The van der Waals surface area contributed by atoms with E-state index in [2.05, 4.69) is 10.4 Å². The van der Waals surface area contributed by atoms with Crippen molar-refractivity contribution in [3.63, 3.8) is 0 Å². The maximum absolute atomic E-state index is 12.8. The summed E-state index contributed by atoms with van der Waals surface area (Å²) in [5.74, 6) is -0.288. The molecule has 1 N–H and O–H groups in total. The van der Waals surface area contributed by atoms with Crippen molar-refractivity contribution in [1.29, 1.82) is 0 Å². The van der Waals surface area contributed by atoms with Crippen LogP contribution in [0.3, 0.4) is 0 Å². The fourth-order valence-corrected chi connectivity index (χ4v) is 2.45. The van der Waals surface area contributed by atoms with Crippen LogP contribution in [-0.2, 0) is 9.59 Å². The fourth-order valence-electron chi connectivity index (χ4n) is 2.45. The summed E-state index contributed by atoms with van der Waals surface area (Å²) in [5, 5.41) is 8.16. The van der Waals surface area contributed by atoms with Crippen LogP contribution in [0.25, 0.3) is 0 Å². The minimum Gasteiger partial charge on any atom is -0.492 e. The molecule has 2 aromatic rings. The molecule has 134 valence electrons. The zero-order chi connectivity index (χ0) is 18.4. The van der Waals surface area contributed by atoms with Crippen molar-refractivity contribution in [1.82, 2.24) is 5.32 Å². The minimum atomic E-state index is -0.335. The van der Waals surface area contributed by atoms with Gasteiger partial charge in [0.25, 0.3) is 5.91 Å². The fraction of sp³-hybridized carbons (Fsp3) is 0.211. The first-order valence-electron chi connectivity index (χ1n) is 8.25. The molecule has 0 spiro atoms. The van der Waals surface area contributed by atoms with E-state index in [-0.39, 0.29) is 37.2 Å². The number of anilines is 1. The largest absolute Gasteiger partial charge is 0.492 e. The molecule has 1 aliphatic heterocycles. The highest BCUT2D eigenvalue weighted by Crippen LogP contribution is 2.19. The van der Waals surface area contributed by atoms with Crippen molar-refractivity contribution >= 4 is 23.2 Å². The van der Waals surface area contributed by atoms with Gasteiger partial charge in [-0.3, -0.25) is 9.59 Å². The number of para-hydroxylation sites is 1.